The summed E-state index contributed by atoms with van der Waals surface area (Å²) in [6.45, 7) is 0. The summed E-state index contributed by atoms with van der Waals surface area (Å²) in [6, 6.07) is 12.8. The molecule has 1 aliphatic rings. The molecule has 0 radical (unpaired) electrons. The number of nitriles is 1. The molecule has 21 heavy (non-hydrogen) atoms. The summed E-state index contributed by atoms with van der Waals surface area (Å²) in [5.74, 6) is 0. The molecule has 4 rings (SSSR count). The topological polar surface area (TPSA) is 36.1 Å². The molecule has 0 atom stereocenters. The Bertz CT molecular complexity index is 860. The van der Waals surface area contributed by atoms with E-state index < -0.39 is 0 Å². The van der Waals surface area contributed by atoms with Gasteiger partial charge in [0.25, 0.3) is 0 Å². The van der Waals surface area contributed by atoms with Gasteiger partial charge in [-0.25, -0.2) is 4.99 Å². The second-order valence-electron chi connectivity index (χ2n) is 5.09. The van der Waals surface area contributed by atoms with E-state index in [2.05, 4.69) is 35.3 Å². The Morgan fingerprint density at radius 3 is 2.95 bits per heavy atom. The summed E-state index contributed by atoms with van der Waals surface area (Å²) in [4.78, 5) is 7.08. The van der Waals surface area contributed by atoms with Crippen molar-refractivity contribution in [3.05, 3.63) is 51.2 Å². The highest BCUT2D eigenvalue weighted by Crippen LogP contribution is 2.40. The summed E-state index contributed by atoms with van der Waals surface area (Å²) in [5, 5.41) is 11.5. The molecule has 0 bridgehead atoms. The predicted molar refractivity (Wildman–Crippen MR) is 90.1 cm³/mol. The van der Waals surface area contributed by atoms with Crippen LogP contribution in [-0.4, -0.2) is 6.21 Å². The van der Waals surface area contributed by atoms with Crippen molar-refractivity contribution in [2.24, 2.45) is 4.99 Å². The normalized spacial score (nSPS) is 13.9. The van der Waals surface area contributed by atoms with Crippen molar-refractivity contribution >= 4 is 44.0 Å². The van der Waals surface area contributed by atoms with Gasteiger partial charge in [-0.05, 0) is 42.3 Å². The first-order chi connectivity index (χ1) is 10.3. The van der Waals surface area contributed by atoms with Crippen molar-refractivity contribution in [3.63, 3.8) is 0 Å². The zero-order valence-corrected chi connectivity index (χ0v) is 12.9. The molecule has 2 aromatic heterocycles. The number of rotatable bonds is 2. The number of thiophene rings is 2. The molecule has 1 aliphatic carbocycles. The lowest BCUT2D eigenvalue weighted by molar-refractivity contribution is 0.913. The standard InChI is InChI=1S/C17H12N2S2/c18-9-14-13-5-3-7-16(13)21-17(14)19-10-12-8-11-4-1-2-6-15(11)20-12/h1-2,4,6,8,10H,3,5,7H2. The number of aryl methyl sites for hydroxylation is 1. The van der Waals surface area contributed by atoms with E-state index in [1.807, 2.05) is 12.3 Å². The third-order valence-corrected chi connectivity index (χ3v) is 6.02. The molecule has 0 aliphatic heterocycles. The molecular formula is C17H12N2S2. The van der Waals surface area contributed by atoms with Crippen molar-refractivity contribution in [1.82, 2.24) is 0 Å². The van der Waals surface area contributed by atoms with Crippen molar-refractivity contribution in [3.8, 4) is 6.07 Å². The van der Waals surface area contributed by atoms with Crippen LogP contribution in [0, 0.1) is 11.3 Å². The van der Waals surface area contributed by atoms with E-state index in [1.165, 1.54) is 26.9 Å². The molecule has 4 heteroatoms. The van der Waals surface area contributed by atoms with Gasteiger partial charge in [0.05, 0.1) is 5.56 Å². The fourth-order valence-corrected chi connectivity index (χ4v) is 4.90. The highest BCUT2D eigenvalue weighted by molar-refractivity contribution is 7.20. The minimum absolute atomic E-state index is 0.796. The Hall–Kier alpha value is -1.96. The molecule has 0 unspecified atom stereocenters. The summed E-state index contributed by atoms with van der Waals surface area (Å²) in [6.07, 6.45) is 5.21. The molecule has 2 heterocycles. The van der Waals surface area contributed by atoms with Gasteiger partial charge in [-0.15, -0.1) is 22.7 Å². The van der Waals surface area contributed by atoms with Crippen LogP contribution < -0.4 is 0 Å². The average molecular weight is 308 g/mol. The average Bonchev–Trinajstić information content (AvgIpc) is 3.17. The van der Waals surface area contributed by atoms with Crippen LogP contribution in [0.4, 0.5) is 5.00 Å². The summed E-state index contributed by atoms with van der Waals surface area (Å²) < 4.78 is 1.27. The highest BCUT2D eigenvalue weighted by Gasteiger charge is 2.21. The Kier molecular flexibility index (Phi) is 3.10. The molecule has 3 aromatic rings. The fraction of sp³-hybridized carbons (Fsp3) is 0.176. The van der Waals surface area contributed by atoms with E-state index in [1.54, 1.807) is 22.7 Å². The van der Waals surface area contributed by atoms with Crippen LogP contribution in [0.15, 0.2) is 35.3 Å². The number of nitrogens with zero attached hydrogens (tertiary/aromatic N) is 2. The molecule has 0 spiro atoms. The molecule has 1 aromatic carbocycles. The van der Waals surface area contributed by atoms with E-state index >= 15 is 0 Å². The monoisotopic (exact) mass is 308 g/mol. The van der Waals surface area contributed by atoms with Crippen LogP contribution in [0.5, 0.6) is 0 Å². The zero-order chi connectivity index (χ0) is 14.2. The summed E-state index contributed by atoms with van der Waals surface area (Å²) in [5.41, 5.74) is 2.04. The molecule has 0 fully saturated rings. The summed E-state index contributed by atoms with van der Waals surface area (Å²) in [7, 11) is 0. The van der Waals surface area contributed by atoms with Crippen LogP contribution in [0.1, 0.15) is 27.3 Å². The first-order valence-corrected chi connectivity index (χ1v) is 8.56. The fourth-order valence-electron chi connectivity index (χ4n) is 2.78. The van der Waals surface area contributed by atoms with Gasteiger partial charge in [-0.3, -0.25) is 0 Å². The van der Waals surface area contributed by atoms with Gasteiger partial charge < -0.3 is 0 Å². The first-order valence-electron chi connectivity index (χ1n) is 6.92. The maximum absolute atomic E-state index is 9.37. The van der Waals surface area contributed by atoms with Crippen molar-refractivity contribution in [2.45, 2.75) is 19.3 Å². The van der Waals surface area contributed by atoms with Crippen molar-refractivity contribution in [1.29, 1.82) is 5.26 Å². The van der Waals surface area contributed by atoms with Crippen LogP contribution >= 0.6 is 22.7 Å². The van der Waals surface area contributed by atoms with Gasteiger partial charge in [0.1, 0.15) is 11.1 Å². The van der Waals surface area contributed by atoms with Gasteiger partial charge in [0.2, 0.25) is 0 Å². The third kappa shape index (κ3) is 2.19. The van der Waals surface area contributed by atoms with Crippen LogP contribution in [0.3, 0.4) is 0 Å². The number of hydrogen-bond acceptors (Lipinski definition) is 4. The smallest absolute Gasteiger partial charge is 0.134 e. The van der Waals surface area contributed by atoms with E-state index in [0.717, 1.165) is 28.3 Å². The predicted octanol–water partition coefficient (Wildman–Crippen LogP) is 5.07. The minimum Gasteiger partial charge on any atom is -0.243 e. The Balaban J connectivity index is 1.71. The minimum atomic E-state index is 0.796. The van der Waals surface area contributed by atoms with Gasteiger partial charge in [0.15, 0.2) is 0 Å². The van der Waals surface area contributed by atoms with Gasteiger partial charge in [-0.1, -0.05) is 18.2 Å². The number of hydrogen-bond donors (Lipinski definition) is 0. The third-order valence-electron chi connectivity index (χ3n) is 3.77. The molecule has 0 saturated heterocycles. The lowest BCUT2D eigenvalue weighted by atomic mass is 10.1. The van der Waals surface area contributed by atoms with Crippen molar-refractivity contribution in [2.75, 3.05) is 0 Å². The number of fused-ring (bicyclic) bond motifs is 2. The SMILES string of the molecule is N#Cc1c(N=Cc2cc3ccccc3s2)sc2c1CCC2. The second kappa shape index (κ2) is 5.10. The lowest BCUT2D eigenvalue weighted by Crippen LogP contribution is -1.80. The van der Waals surface area contributed by atoms with Gasteiger partial charge in [-0.2, -0.15) is 5.26 Å². The van der Waals surface area contributed by atoms with E-state index in [0.29, 0.717) is 0 Å². The van der Waals surface area contributed by atoms with Crippen LogP contribution in [0.25, 0.3) is 10.1 Å². The Morgan fingerprint density at radius 1 is 1.19 bits per heavy atom. The Morgan fingerprint density at radius 2 is 2.10 bits per heavy atom. The Labute approximate surface area is 131 Å². The number of aliphatic imine (C=N–C) groups is 1. The van der Waals surface area contributed by atoms with E-state index in [-0.39, 0.29) is 0 Å². The maximum Gasteiger partial charge on any atom is 0.134 e. The quantitative estimate of drug-likeness (QED) is 0.609. The number of benzene rings is 1. The van der Waals surface area contributed by atoms with Crippen LogP contribution in [0.2, 0.25) is 0 Å². The van der Waals surface area contributed by atoms with Gasteiger partial charge in [0, 0.05) is 20.7 Å². The highest BCUT2D eigenvalue weighted by atomic mass is 32.1. The van der Waals surface area contributed by atoms with Crippen molar-refractivity contribution < 1.29 is 0 Å². The summed E-state index contributed by atoms with van der Waals surface area (Å²) >= 11 is 3.42. The second-order valence-corrected chi connectivity index (χ2v) is 7.29. The molecule has 0 N–H and O–H groups in total. The molecule has 0 amide bonds. The first kappa shape index (κ1) is 12.8. The van der Waals surface area contributed by atoms with Gasteiger partial charge >= 0.3 is 0 Å². The molecule has 0 saturated carbocycles. The van der Waals surface area contributed by atoms with E-state index in [4.69, 9.17) is 0 Å². The molecule has 2 nitrogen and oxygen atoms in total. The van der Waals surface area contributed by atoms with Crippen LogP contribution in [-0.2, 0) is 12.8 Å². The zero-order valence-electron chi connectivity index (χ0n) is 11.3. The molecular weight excluding hydrogens is 296 g/mol. The van der Waals surface area contributed by atoms with E-state index in [9.17, 15) is 5.26 Å². The molecule has 102 valence electrons. The lowest BCUT2D eigenvalue weighted by Gasteiger charge is -1.91. The maximum atomic E-state index is 9.37. The largest absolute Gasteiger partial charge is 0.243 e.